The molecule has 0 radical (unpaired) electrons. The molecule has 0 fully saturated rings. The fraction of sp³-hybridized carbons (Fsp3) is 0.333. The van der Waals surface area contributed by atoms with Crippen LogP contribution in [-0.2, 0) is 27.4 Å². The molecule has 0 aromatic heterocycles. The lowest BCUT2D eigenvalue weighted by molar-refractivity contribution is 0.00687. The monoisotopic (exact) mass is 442 g/mol. The second kappa shape index (κ2) is 10.9. The van der Waals surface area contributed by atoms with Gasteiger partial charge in [-0.25, -0.2) is 0 Å². The highest BCUT2D eigenvalue weighted by molar-refractivity contribution is 9.10. The highest BCUT2D eigenvalue weighted by atomic mass is 79.9. The lowest BCUT2D eigenvalue weighted by Gasteiger charge is -2.08. The van der Waals surface area contributed by atoms with Crippen LogP contribution in [0.5, 0.6) is 0 Å². The summed E-state index contributed by atoms with van der Waals surface area (Å²) in [6.45, 7) is 3.47. The summed E-state index contributed by atoms with van der Waals surface area (Å²) in [5.74, 6) is 0. The van der Waals surface area contributed by atoms with Crippen molar-refractivity contribution in [3.8, 4) is 0 Å². The van der Waals surface area contributed by atoms with E-state index in [2.05, 4.69) is 31.9 Å². The summed E-state index contributed by atoms with van der Waals surface area (Å²) in [4.78, 5) is 0. The number of hydrogen-bond donors (Lipinski definition) is 0. The summed E-state index contributed by atoms with van der Waals surface area (Å²) >= 11 is 7.00. The molecule has 2 aromatic carbocycles. The second-order valence-electron chi connectivity index (χ2n) is 4.90. The molecule has 2 aromatic rings. The van der Waals surface area contributed by atoms with E-state index in [1.54, 1.807) is 0 Å². The number of ether oxygens (including phenoxy) is 3. The highest BCUT2D eigenvalue weighted by Gasteiger charge is 1.99. The van der Waals surface area contributed by atoms with Crippen LogP contribution in [0.4, 0.5) is 0 Å². The van der Waals surface area contributed by atoms with E-state index < -0.39 is 0 Å². The van der Waals surface area contributed by atoms with Crippen LogP contribution in [0.2, 0.25) is 0 Å². The maximum Gasteiger partial charge on any atom is 0.0728 e. The molecule has 0 aliphatic carbocycles. The van der Waals surface area contributed by atoms with E-state index in [0.717, 1.165) is 20.1 Å². The Morgan fingerprint density at radius 2 is 0.957 bits per heavy atom. The van der Waals surface area contributed by atoms with Gasteiger partial charge in [0.05, 0.1) is 39.6 Å². The molecule has 0 unspecified atom stereocenters. The summed E-state index contributed by atoms with van der Waals surface area (Å²) in [5.41, 5.74) is 2.29. The number of benzene rings is 2. The molecule has 0 bridgehead atoms. The third kappa shape index (κ3) is 7.14. The van der Waals surface area contributed by atoms with Crippen LogP contribution in [0.3, 0.4) is 0 Å². The molecule has 0 spiro atoms. The fourth-order valence-corrected chi connectivity index (χ4v) is 2.73. The first-order chi connectivity index (χ1) is 11.3. The number of hydrogen-bond acceptors (Lipinski definition) is 3. The molecule has 2 rings (SSSR count). The van der Waals surface area contributed by atoms with Crippen LogP contribution < -0.4 is 0 Å². The van der Waals surface area contributed by atoms with Gasteiger partial charge in [0, 0.05) is 8.95 Å². The average molecular weight is 444 g/mol. The van der Waals surface area contributed by atoms with Crippen molar-refractivity contribution in [1.82, 2.24) is 0 Å². The summed E-state index contributed by atoms with van der Waals surface area (Å²) < 4.78 is 18.8. The van der Waals surface area contributed by atoms with Gasteiger partial charge in [-0.05, 0) is 23.3 Å². The van der Waals surface area contributed by atoms with E-state index in [4.69, 9.17) is 14.2 Å². The van der Waals surface area contributed by atoms with E-state index in [-0.39, 0.29) is 0 Å². The zero-order valence-electron chi connectivity index (χ0n) is 12.8. The predicted octanol–water partition coefficient (Wildman–Crippen LogP) is 4.96. The van der Waals surface area contributed by atoms with E-state index in [9.17, 15) is 0 Å². The average Bonchev–Trinajstić information content (AvgIpc) is 2.56. The van der Waals surface area contributed by atoms with E-state index in [1.807, 2.05) is 48.5 Å². The quantitative estimate of drug-likeness (QED) is 0.485. The van der Waals surface area contributed by atoms with Crippen LogP contribution in [0, 0.1) is 0 Å². The SMILES string of the molecule is Brc1ccccc1COCCOCCOCc1ccccc1Br. The first kappa shape index (κ1) is 18.6. The molecule has 0 aliphatic rings. The molecule has 124 valence electrons. The minimum absolute atomic E-state index is 0.572. The first-order valence-electron chi connectivity index (χ1n) is 7.47. The molecular formula is C18H20Br2O3. The minimum Gasteiger partial charge on any atom is -0.377 e. The zero-order chi connectivity index (χ0) is 16.3. The molecule has 0 N–H and O–H groups in total. The van der Waals surface area contributed by atoms with Gasteiger partial charge in [0.25, 0.3) is 0 Å². The van der Waals surface area contributed by atoms with E-state index >= 15 is 0 Å². The molecule has 0 saturated carbocycles. The Kier molecular flexibility index (Phi) is 8.86. The normalized spacial score (nSPS) is 10.9. The van der Waals surface area contributed by atoms with Gasteiger partial charge >= 0.3 is 0 Å². The van der Waals surface area contributed by atoms with Gasteiger partial charge in [-0.3, -0.25) is 0 Å². The predicted molar refractivity (Wildman–Crippen MR) is 98.4 cm³/mol. The Morgan fingerprint density at radius 3 is 1.39 bits per heavy atom. The van der Waals surface area contributed by atoms with Crippen LogP contribution in [0.25, 0.3) is 0 Å². The maximum atomic E-state index is 5.59. The molecule has 0 heterocycles. The Balaban J connectivity index is 1.47. The Hall–Kier alpha value is -0.720. The van der Waals surface area contributed by atoms with Crippen LogP contribution in [0.15, 0.2) is 57.5 Å². The summed E-state index contributed by atoms with van der Waals surface area (Å²) in [7, 11) is 0. The highest BCUT2D eigenvalue weighted by Crippen LogP contribution is 2.17. The van der Waals surface area contributed by atoms with Crippen molar-refractivity contribution in [3.63, 3.8) is 0 Å². The smallest absolute Gasteiger partial charge is 0.0728 e. The van der Waals surface area contributed by atoms with Crippen LogP contribution in [-0.4, -0.2) is 26.4 Å². The molecular weight excluding hydrogens is 424 g/mol. The van der Waals surface area contributed by atoms with Gasteiger partial charge in [0.1, 0.15) is 0 Å². The lowest BCUT2D eigenvalue weighted by Crippen LogP contribution is -2.09. The molecule has 0 amide bonds. The van der Waals surface area contributed by atoms with Crippen molar-refractivity contribution in [2.75, 3.05) is 26.4 Å². The van der Waals surface area contributed by atoms with Crippen molar-refractivity contribution in [1.29, 1.82) is 0 Å². The number of rotatable bonds is 10. The Labute approximate surface area is 154 Å². The fourth-order valence-electron chi connectivity index (χ4n) is 1.93. The molecule has 0 aliphatic heterocycles. The van der Waals surface area contributed by atoms with Crippen molar-refractivity contribution in [3.05, 3.63) is 68.6 Å². The van der Waals surface area contributed by atoms with Gasteiger partial charge in [-0.15, -0.1) is 0 Å². The molecule has 0 saturated heterocycles. The van der Waals surface area contributed by atoms with Gasteiger partial charge in [0.15, 0.2) is 0 Å². The molecule has 3 nitrogen and oxygen atoms in total. The van der Waals surface area contributed by atoms with Gasteiger partial charge in [-0.2, -0.15) is 0 Å². The molecule has 23 heavy (non-hydrogen) atoms. The minimum atomic E-state index is 0.572. The topological polar surface area (TPSA) is 27.7 Å². The lowest BCUT2D eigenvalue weighted by atomic mass is 10.2. The summed E-state index contributed by atoms with van der Waals surface area (Å²) in [6.07, 6.45) is 0. The first-order valence-corrected chi connectivity index (χ1v) is 9.06. The van der Waals surface area contributed by atoms with Crippen molar-refractivity contribution in [2.45, 2.75) is 13.2 Å². The Morgan fingerprint density at radius 1 is 0.565 bits per heavy atom. The van der Waals surface area contributed by atoms with Crippen molar-refractivity contribution < 1.29 is 14.2 Å². The van der Waals surface area contributed by atoms with Gasteiger partial charge in [-0.1, -0.05) is 68.3 Å². The van der Waals surface area contributed by atoms with Crippen molar-refractivity contribution >= 4 is 31.9 Å². The van der Waals surface area contributed by atoms with Crippen LogP contribution >= 0.6 is 31.9 Å². The standard InChI is InChI=1S/C18H20Br2O3/c19-17-7-3-1-5-15(17)13-22-11-9-21-10-12-23-14-16-6-2-4-8-18(16)20/h1-8H,9-14H2. The van der Waals surface area contributed by atoms with Crippen molar-refractivity contribution in [2.24, 2.45) is 0 Å². The van der Waals surface area contributed by atoms with E-state index in [1.165, 1.54) is 0 Å². The summed E-state index contributed by atoms with van der Waals surface area (Å²) in [6, 6.07) is 16.1. The van der Waals surface area contributed by atoms with Gasteiger partial charge in [0.2, 0.25) is 0 Å². The molecule has 5 heteroatoms. The third-order valence-corrected chi connectivity index (χ3v) is 4.72. The van der Waals surface area contributed by atoms with Crippen LogP contribution in [0.1, 0.15) is 11.1 Å². The third-order valence-electron chi connectivity index (χ3n) is 3.17. The zero-order valence-corrected chi connectivity index (χ0v) is 16.0. The van der Waals surface area contributed by atoms with E-state index in [0.29, 0.717) is 39.6 Å². The largest absolute Gasteiger partial charge is 0.377 e. The molecule has 0 atom stereocenters. The maximum absolute atomic E-state index is 5.59. The second-order valence-corrected chi connectivity index (χ2v) is 6.61. The Bertz CT molecular complexity index is 538. The number of halogens is 2. The van der Waals surface area contributed by atoms with Gasteiger partial charge < -0.3 is 14.2 Å². The summed E-state index contributed by atoms with van der Waals surface area (Å²) in [5, 5.41) is 0.